The highest BCUT2D eigenvalue weighted by Crippen LogP contribution is 2.24. The Morgan fingerprint density at radius 2 is 2.06 bits per heavy atom. The van der Waals surface area contributed by atoms with Crippen LogP contribution in [-0.4, -0.2) is 17.1 Å². The minimum Gasteiger partial charge on any atom is -0.480 e. The summed E-state index contributed by atoms with van der Waals surface area (Å²) in [6.07, 6.45) is 6.97. The van der Waals surface area contributed by atoms with Gasteiger partial charge < -0.3 is 10.4 Å². The van der Waals surface area contributed by atoms with Crippen LogP contribution in [0, 0.1) is 12.8 Å². The van der Waals surface area contributed by atoms with E-state index in [1.165, 1.54) is 5.56 Å². The summed E-state index contributed by atoms with van der Waals surface area (Å²) in [5.41, 5.74) is 2.05. The molecule has 96 valence electrons. The lowest BCUT2D eigenvalue weighted by Gasteiger charge is -2.26. The van der Waals surface area contributed by atoms with E-state index in [0.717, 1.165) is 24.9 Å². The van der Waals surface area contributed by atoms with Crippen LogP contribution in [0.2, 0.25) is 0 Å². The first kappa shape index (κ1) is 12.7. The van der Waals surface area contributed by atoms with E-state index < -0.39 is 12.0 Å². The second-order valence-electron chi connectivity index (χ2n) is 4.87. The smallest absolute Gasteiger partial charge is 0.326 e. The second-order valence-corrected chi connectivity index (χ2v) is 4.87. The van der Waals surface area contributed by atoms with Crippen LogP contribution in [0.25, 0.3) is 0 Å². The first-order chi connectivity index (χ1) is 8.66. The van der Waals surface area contributed by atoms with Gasteiger partial charge in [0.2, 0.25) is 0 Å². The number of carbonyl (C=O) groups is 1. The number of anilines is 1. The number of carboxylic acid groups (broad SMARTS) is 1. The molecular weight excluding hydrogens is 226 g/mol. The van der Waals surface area contributed by atoms with Gasteiger partial charge in [-0.2, -0.15) is 0 Å². The summed E-state index contributed by atoms with van der Waals surface area (Å²) in [5.74, 6) is -0.593. The van der Waals surface area contributed by atoms with E-state index in [9.17, 15) is 9.90 Å². The molecule has 1 aromatic rings. The van der Waals surface area contributed by atoms with Crippen molar-refractivity contribution in [2.24, 2.45) is 5.92 Å². The number of aryl methyl sites for hydroxylation is 1. The van der Waals surface area contributed by atoms with Crippen LogP contribution in [0.5, 0.6) is 0 Å². The third kappa shape index (κ3) is 3.13. The van der Waals surface area contributed by atoms with Crippen LogP contribution in [0.3, 0.4) is 0 Å². The SMILES string of the molecule is Cc1ccc(NC(C(=O)O)C2CC=CCC2)cc1. The minimum absolute atomic E-state index is 0.175. The quantitative estimate of drug-likeness (QED) is 0.801. The molecule has 2 rings (SSSR count). The number of hydrogen-bond acceptors (Lipinski definition) is 2. The van der Waals surface area contributed by atoms with Crippen LogP contribution in [-0.2, 0) is 4.79 Å². The molecule has 0 spiro atoms. The molecule has 2 unspecified atom stereocenters. The number of allylic oxidation sites excluding steroid dienone is 2. The Kier molecular flexibility index (Phi) is 4.03. The average molecular weight is 245 g/mol. The summed E-state index contributed by atoms with van der Waals surface area (Å²) >= 11 is 0. The van der Waals surface area contributed by atoms with Crippen molar-refractivity contribution in [2.75, 3.05) is 5.32 Å². The Bertz CT molecular complexity index is 436. The average Bonchev–Trinajstić information content (AvgIpc) is 2.38. The van der Waals surface area contributed by atoms with Gasteiger partial charge in [-0.1, -0.05) is 29.8 Å². The minimum atomic E-state index is -0.768. The lowest BCUT2D eigenvalue weighted by atomic mass is 9.87. The number of rotatable bonds is 4. The molecular formula is C15H19NO2. The van der Waals surface area contributed by atoms with E-state index in [-0.39, 0.29) is 5.92 Å². The molecule has 1 aliphatic carbocycles. The molecule has 0 fully saturated rings. The van der Waals surface area contributed by atoms with Gasteiger partial charge in [0, 0.05) is 5.69 Å². The largest absolute Gasteiger partial charge is 0.480 e. The van der Waals surface area contributed by atoms with Gasteiger partial charge in [0.15, 0.2) is 0 Å². The molecule has 0 saturated carbocycles. The van der Waals surface area contributed by atoms with Gasteiger partial charge in [-0.05, 0) is 44.2 Å². The molecule has 0 saturated heterocycles. The zero-order valence-corrected chi connectivity index (χ0v) is 10.6. The zero-order valence-electron chi connectivity index (χ0n) is 10.6. The van der Waals surface area contributed by atoms with Crippen LogP contribution in [0.1, 0.15) is 24.8 Å². The fraction of sp³-hybridized carbons (Fsp3) is 0.400. The molecule has 1 aromatic carbocycles. The van der Waals surface area contributed by atoms with Crippen molar-refractivity contribution in [3.63, 3.8) is 0 Å². The van der Waals surface area contributed by atoms with E-state index >= 15 is 0 Å². The highest BCUT2D eigenvalue weighted by atomic mass is 16.4. The van der Waals surface area contributed by atoms with E-state index in [2.05, 4.69) is 17.5 Å². The van der Waals surface area contributed by atoms with Crippen LogP contribution in [0.4, 0.5) is 5.69 Å². The molecule has 2 atom stereocenters. The van der Waals surface area contributed by atoms with E-state index in [4.69, 9.17) is 0 Å². The summed E-state index contributed by atoms with van der Waals surface area (Å²) in [6.45, 7) is 2.02. The summed E-state index contributed by atoms with van der Waals surface area (Å²) in [7, 11) is 0. The molecule has 0 radical (unpaired) electrons. The van der Waals surface area contributed by atoms with E-state index in [1.807, 2.05) is 31.2 Å². The van der Waals surface area contributed by atoms with Crippen LogP contribution >= 0.6 is 0 Å². The molecule has 2 N–H and O–H groups in total. The topological polar surface area (TPSA) is 49.3 Å². The van der Waals surface area contributed by atoms with Gasteiger partial charge in [-0.25, -0.2) is 4.79 Å². The fourth-order valence-corrected chi connectivity index (χ4v) is 2.33. The molecule has 3 heteroatoms. The summed E-state index contributed by atoms with van der Waals surface area (Å²) in [5, 5.41) is 12.5. The molecule has 0 heterocycles. The van der Waals surface area contributed by atoms with Gasteiger partial charge in [-0.3, -0.25) is 0 Å². The number of aliphatic carboxylic acids is 1. The third-order valence-electron chi connectivity index (χ3n) is 3.42. The fourth-order valence-electron chi connectivity index (χ4n) is 2.33. The van der Waals surface area contributed by atoms with Crippen molar-refractivity contribution in [1.29, 1.82) is 0 Å². The van der Waals surface area contributed by atoms with Crippen molar-refractivity contribution in [2.45, 2.75) is 32.2 Å². The lowest BCUT2D eigenvalue weighted by Crippen LogP contribution is -2.37. The predicted molar refractivity (Wildman–Crippen MR) is 72.7 cm³/mol. The maximum atomic E-state index is 11.4. The van der Waals surface area contributed by atoms with Crippen LogP contribution in [0.15, 0.2) is 36.4 Å². The lowest BCUT2D eigenvalue weighted by molar-refractivity contribution is -0.139. The molecule has 0 aliphatic heterocycles. The van der Waals surface area contributed by atoms with Crippen molar-refractivity contribution in [3.05, 3.63) is 42.0 Å². The van der Waals surface area contributed by atoms with Crippen molar-refractivity contribution >= 4 is 11.7 Å². The van der Waals surface area contributed by atoms with Crippen molar-refractivity contribution in [3.8, 4) is 0 Å². The first-order valence-electron chi connectivity index (χ1n) is 6.38. The van der Waals surface area contributed by atoms with Gasteiger partial charge in [-0.15, -0.1) is 0 Å². The number of benzene rings is 1. The second kappa shape index (κ2) is 5.71. The number of hydrogen-bond donors (Lipinski definition) is 2. The van der Waals surface area contributed by atoms with E-state index in [0.29, 0.717) is 0 Å². The van der Waals surface area contributed by atoms with Gasteiger partial charge >= 0.3 is 5.97 Å². The van der Waals surface area contributed by atoms with Gasteiger partial charge in [0.1, 0.15) is 6.04 Å². The maximum Gasteiger partial charge on any atom is 0.326 e. The Balaban J connectivity index is 2.08. The summed E-state index contributed by atoms with van der Waals surface area (Å²) in [4.78, 5) is 11.4. The Labute approximate surface area is 108 Å². The van der Waals surface area contributed by atoms with Gasteiger partial charge in [0.25, 0.3) is 0 Å². The molecule has 0 aromatic heterocycles. The standard InChI is InChI=1S/C15H19NO2/c1-11-7-9-13(10-8-11)16-14(15(17)18)12-5-3-2-4-6-12/h2-3,7-10,12,14,16H,4-6H2,1H3,(H,17,18). The highest BCUT2D eigenvalue weighted by molar-refractivity contribution is 5.77. The monoisotopic (exact) mass is 245 g/mol. The van der Waals surface area contributed by atoms with Crippen LogP contribution < -0.4 is 5.32 Å². The highest BCUT2D eigenvalue weighted by Gasteiger charge is 2.27. The van der Waals surface area contributed by atoms with Crippen molar-refractivity contribution < 1.29 is 9.90 Å². The summed E-state index contributed by atoms with van der Waals surface area (Å²) < 4.78 is 0. The predicted octanol–water partition coefficient (Wildman–Crippen LogP) is 3.22. The van der Waals surface area contributed by atoms with Gasteiger partial charge in [0.05, 0.1) is 0 Å². The summed E-state index contributed by atoms with van der Waals surface area (Å²) in [6, 6.07) is 7.34. The Hall–Kier alpha value is -1.77. The maximum absolute atomic E-state index is 11.4. The number of carboxylic acids is 1. The zero-order chi connectivity index (χ0) is 13.0. The third-order valence-corrected chi connectivity index (χ3v) is 3.42. The molecule has 3 nitrogen and oxygen atoms in total. The Morgan fingerprint density at radius 3 is 2.61 bits per heavy atom. The molecule has 1 aliphatic rings. The Morgan fingerprint density at radius 1 is 1.33 bits per heavy atom. The molecule has 0 bridgehead atoms. The molecule has 0 amide bonds. The first-order valence-corrected chi connectivity index (χ1v) is 6.38. The van der Waals surface area contributed by atoms with E-state index in [1.54, 1.807) is 0 Å². The van der Waals surface area contributed by atoms with Crippen molar-refractivity contribution in [1.82, 2.24) is 0 Å². The number of nitrogens with one attached hydrogen (secondary N) is 1. The molecule has 18 heavy (non-hydrogen) atoms. The normalized spacial score (nSPS) is 20.4.